The molecule has 126 valence electrons. The highest BCUT2D eigenvalue weighted by Gasteiger charge is 2.48. The van der Waals surface area contributed by atoms with Gasteiger partial charge in [0.25, 0.3) is 0 Å². The van der Waals surface area contributed by atoms with Crippen LogP contribution in [0.15, 0.2) is 0 Å². The molecule has 3 rings (SSSR count). The van der Waals surface area contributed by atoms with E-state index in [1.807, 2.05) is 4.90 Å². The third-order valence-electron chi connectivity index (χ3n) is 5.56. The van der Waals surface area contributed by atoms with Crippen LogP contribution in [0.25, 0.3) is 0 Å². The second kappa shape index (κ2) is 6.09. The van der Waals surface area contributed by atoms with Gasteiger partial charge in [-0.05, 0) is 57.0 Å². The number of hydrogen-bond acceptors (Lipinski definition) is 4. The molecule has 7 heteroatoms. The topological polar surface area (TPSA) is 78.5 Å². The summed E-state index contributed by atoms with van der Waals surface area (Å²) in [6.45, 7) is 3.53. The van der Waals surface area contributed by atoms with Crippen molar-refractivity contribution in [3.8, 4) is 0 Å². The molecule has 6 nitrogen and oxygen atoms in total. The van der Waals surface area contributed by atoms with Gasteiger partial charge in [0.2, 0.25) is 15.9 Å². The van der Waals surface area contributed by atoms with Crippen LogP contribution in [-0.4, -0.2) is 57.7 Å². The summed E-state index contributed by atoms with van der Waals surface area (Å²) in [7, 11) is -3.15. The Hall–Kier alpha value is -0.660. The van der Waals surface area contributed by atoms with E-state index in [-0.39, 0.29) is 12.0 Å². The van der Waals surface area contributed by atoms with Crippen LogP contribution < -0.4 is 10.0 Å². The lowest BCUT2D eigenvalue weighted by atomic mass is 9.57. The number of hydrogen-bond donors (Lipinski definition) is 2. The lowest BCUT2D eigenvalue weighted by Gasteiger charge is -2.51. The van der Waals surface area contributed by atoms with Crippen molar-refractivity contribution >= 4 is 15.9 Å². The molecule has 1 spiro atoms. The van der Waals surface area contributed by atoms with Gasteiger partial charge in [0, 0.05) is 25.0 Å². The zero-order chi connectivity index (χ0) is 15.8. The molecule has 2 N–H and O–H groups in total. The minimum Gasteiger partial charge on any atom is -0.342 e. The van der Waals surface area contributed by atoms with Gasteiger partial charge in [-0.2, -0.15) is 0 Å². The molecule has 1 saturated carbocycles. The maximum absolute atomic E-state index is 12.6. The van der Waals surface area contributed by atoms with E-state index in [4.69, 9.17) is 0 Å². The normalized spacial score (nSPS) is 26.9. The van der Waals surface area contributed by atoms with Gasteiger partial charge in [0.1, 0.15) is 0 Å². The minimum atomic E-state index is -3.15. The van der Waals surface area contributed by atoms with E-state index >= 15 is 0 Å². The number of carbonyl (C=O) groups is 1. The van der Waals surface area contributed by atoms with Crippen LogP contribution in [0.2, 0.25) is 0 Å². The molecule has 2 heterocycles. The van der Waals surface area contributed by atoms with E-state index in [1.54, 1.807) is 0 Å². The lowest BCUT2D eigenvalue weighted by molar-refractivity contribution is -0.145. The molecule has 0 aromatic heterocycles. The fourth-order valence-corrected chi connectivity index (χ4v) is 5.15. The van der Waals surface area contributed by atoms with Crippen LogP contribution in [0.4, 0.5) is 0 Å². The Morgan fingerprint density at radius 2 is 1.77 bits per heavy atom. The SMILES string of the molecule is CS(=O)(=O)NC1CCN(C(=O)C2CC3(CCNCC3)C2)CC1. The third kappa shape index (κ3) is 3.63. The summed E-state index contributed by atoms with van der Waals surface area (Å²) in [5.74, 6) is 0.500. The molecule has 0 atom stereocenters. The van der Waals surface area contributed by atoms with E-state index in [9.17, 15) is 13.2 Å². The van der Waals surface area contributed by atoms with Gasteiger partial charge in [-0.25, -0.2) is 13.1 Å². The average Bonchev–Trinajstić information content (AvgIpc) is 2.44. The Labute approximate surface area is 133 Å². The number of sulfonamides is 1. The number of nitrogens with zero attached hydrogens (tertiary/aromatic N) is 1. The molecule has 1 aliphatic carbocycles. The predicted octanol–water partition coefficient (Wildman–Crippen LogP) is 0.306. The highest BCUT2D eigenvalue weighted by Crippen LogP contribution is 2.52. The van der Waals surface area contributed by atoms with Crippen molar-refractivity contribution in [2.24, 2.45) is 11.3 Å². The summed E-state index contributed by atoms with van der Waals surface area (Å²) in [4.78, 5) is 14.5. The molecule has 0 bridgehead atoms. The Morgan fingerprint density at radius 3 is 2.32 bits per heavy atom. The van der Waals surface area contributed by atoms with Gasteiger partial charge < -0.3 is 10.2 Å². The summed E-state index contributed by atoms with van der Waals surface area (Å²) < 4.78 is 25.2. The number of rotatable bonds is 3. The van der Waals surface area contributed by atoms with Crippen LogP contribution in [0, 0.1) is 11.3 Å². The van der Waals surface area contributed by atoms with Gasteiger partial charge >= 0.3 is 0 Å². The molecule has 0 aromatic carbocycles. The van der Waals surface area contributed by atoms with Gasteiger partial charge in [-0.15, -0.1) is 0 Å². The number of likely N-dealkylation sites (tertiary alicyclic amines) is 1. The van der Waals surface area contributed by atoms with Crippen LogP contribution in [0.1, 0.15) is 38.5 Å². The molecule has 22 heavy (non-hydrogen) atoms. The Morgan fingerprint density at radius 1 is 1.18 bits per heavy atom. The number of nitrogens with one attached hydrogen (secondary N) is 2. The number of amides is 1. The van der Waals surface area contributed by atoms with Crippen molar-refractivity contribution in [3.63, 3.8) is 0 Å². The van der Waals surface area contributed by atoms with Crippen molar-refractivity contribution in [2.45, 2.75) is 44.6 Å². The second-order valence-electron chi connectivity index (χ2n) is 7.34. The standard InChI is InChI=1S/C15H27N3O3S/c1-22(20,21)17-13-2-8-18(9-3-13)14(19)12-10-15(11-12)4-6-16-7-5-15/h12-13,16-17H,2-11H2,1H3. The molecule has 3 fully saturated rings. The number of carbonyl (C=O) groups excluding carboxylic acids is 1. The van der Waals surface area contributed by atoms with E-state index in [2.05, 4.69) is 10.0 Å². The second-order valence-corrected chi connectivity index (χ2v) is 9.12. The van der Waals surface area contributed by atoms with Crippen LogP contribution in [-0.2, 0) is 14.8 Å². The molecular formula is C15H27N3O3S. The summed E-state index contributed by atoms with van der Waals surface area (Å²) in [6, 6.07) is -0.0174. The molecule has 2 saturated heterocycles. The van der Waals surface area contributed by atoms with Gasteiger partial charge in [0.15, 0.2) is 0 Å². The quantitative estimate of drug-likeness (QED) is 0.781. The van der Waals surface area contributed by atoms with Gasteiger partial charge in [0.05, 0.1) is 6.26 Å². The molecule has 0 aromatic rings. The fourth-order valence-electron chi connectivity index (χ4n) is 4.30. The summed E-state index contributed by atoms with van der Waals surface area (Å²) in [5.41, 5.74) is 0.432. The first-order chi connectivity index (χ1) is 10.4. The Bertz CT molecular complexity index is 512. The van der Waals surface area contributed by atoms with Crippen LogP contribution in [0.3, 0.4) is 0 Å². The van der Waals surface area contributed by atoms with Gasteiger partial charge in [-0.3, -0.25) is 4.79 Å². The predicted molar refractivity (Wildman–Crippen MR) is 84.8 cm³/mol. The molecule has 3 aliphatic rings. The summed E-state index contributed by atoms with van der Waals surface area (Å²) in [6.07, 6.45) is 7.15. The largest absolute Gasteiger partial charge is 0.342 e. The Kier molecular flexibility index (Phi) is 4.49. The summed E-state index contributed by atoms with van der Waals surface area (Å²) >= 11 is 0. The first kappa shape index (κ1) is 16.2. The highest BCUT2D eigenvalue weighted by molar-refractivity contribution is 7.88. The van der Waals surface area contributed by atoms with E-state index in [0.29, 0.717) is 24.4 Å². The maximum Gasteiger partial charge on any atom is 0.225 e. The summed E-state index contributed by atoms with van der Waals surface area (Å²) in [5, 5.41) is 3.39. The molecule has 1 amide bonds. The molecule has 0 radical (unpaired) electrons. The number of piperidine rings is 2. The van der Waals surface area contributed by atoms with E-state index in [0.717, 1.165) is 38.8 Å². The highest BCUT2D eigenvalue weighted by atomic mass is 32.2. The fraction of sp³-hybridized carbons (Fsp3) is 0.933. The molecule has 0 unspecified atom stereocenters. The maximum atomic E-state index is 12.6. The monoisotopic (exact) mass is 329 g/mol. The first-order valence-corrected chi connectivity index (χ1v) is 10.2. The van der Waals surface area contributed by atoms with Crippen LogP contribution >= 0.6 is 0 Å². The van der Waals surface area contributed by atoms with E-state index < -0.39 is 10.0 Å². The lowest BCUT2D eigenvalue weighted by Crippen LogP contribution is -2.53. The zero-order valence-electron chi connectivity index (χ0n) is 13.3. The molecular weight excluding hydrogens is 302 g/mol. The van der Waals surface area contributed by atoms with Crippen molar-refractivity contribution in [2.75, 3.05) is 32.4 Å². The van der Waals surface area contributed by atoms with Crippen molar-refractivity contribution in [1.29, 1.82) is 0 Å². The average molecular weight is 329 g/mol. The van der Waals surface area contributed by atoms with Crippen molar-refractivity contribution in [1.82, 2.24) is 14.9 Å². The van der Waals surface area contributed by atoms with E-state index in [1.165, 1.54) is 19.1 Å². The zero-order valence-corrected chi connectivity index (χ0v) is 14.1. The molecule has 2 aliphatic heterocycles. The third-order valence-corrected chi connectivity index (χ3v) is 6.32. The smallest absolute Gasteiger partial charge is 0.225 e. The van der Waals surface area contributed by atoms with Crippen molar-refractivity contribution in [3.05, 3.63) is 0 Å². The van der Waals surface area contributed by atoms with Gasteiger partial charge in [-0.1, -0.05) is 0 Å². The Balaban J connectivity index is 1.45. The van der Waals surface area contributed by atoms with Crippen LogP contribution in [0.5, 0.6) is 0 Å². The minimum absolute atomic E-state index is 0.0174. The van der Waals surface area contributed by atoms with Crippen molar-refractivity contribution < 1.29 is 13.2 Å². The first-order valence-electron chi connectivity index (χ1n) is 8.34.